The summed E-state index contributed by atoms with van der Waals surface area (Å²) in [5.74, 6) is 0.510. The number of thioether (sulfide) groups is 1. The largest absolute Gasteiger partial charge is 0.493 e. The quantitative estimate of drug-likeness (QED) is 0.219. The lowest BCUT2D eigenvalue weighted by Crippen LogP contribution is -2.30. The van der Waals surface area contributed by atoms with Crippen LogP contribution in [0.25, 0.3) is 6.08 Å². The smallest absolute Gasteiger partial charge is 0.266 e. The first-order valence-electron chi connectivity index (χ1n) is 11.9. The number of aryl methyl sites for hydroxylation is 2. The van der Waals surface area contributed by atoms with E-state index in [1.807, 2.05) is 62.4 Å². The molecule has 1 aliphatic rings. The SMILES string of the molecule is COc1cc(/C=C2\SC(=S)N(CCc3ccccc3)C2=O)ccc1OCC(=O)Nc1c(C)cc(Br)cc1C. The maximum absolute atomic E-state index is 13.0. The van der Waals surface area contributed by atoms with Gasteiger partial charge < -0.3 is 14.8 Å². The molecule has 0 unspecified atom stereocenters. The van der Waals surface area contributed by atoms with E-state index in [9.17, 15) is 9.59 Å². The topological polar surface area (TPSA) is 67.9 Å². The fourth-order valence-electron chi connectivity index (χ4n) is 4.05. The second-order valence-corrected chi connectivity index (χ2v) is 11.3. The summed E-state index contributed by atoms with van der Waals surface area (Å²) in [5.41, 5.74) is 4.60. The number of hydrogen-bond donors (Lipinski definition) is 1. The number of carbonyl (C=O) groups excluding carboxylic acids is 2. The van der Waals surface area contributed by atoms with Gasteiger partial charge in [-0.2, -0.15) is 0 Å². The number of rotatable bonds is 9. The van der Waals surface area contributed by atoms with Crippen molar-refractivity contribution in [3.63, 3.8) is 0 Å². The standard InChI is InChI=1S/C29H27BrN2O4S2/c1-18-13-22(30)14-19(2)27(18)31-26(33)17-36-23-10-9-21(15-24(23)35-3)16-25-28(34)32(29(37)38-25)12-11-20-7-5-4-6-8-20/h4-10,13-16H,11-12,17H2,1-3H3,(H,31,33)/b25-16-. The van der Waals surface area contributed by atoms with E-state index in [0.29, 0.717) is 27.3 Å². The highest BCUT2D eigenvalue weighted by atomic mass is 79.9. The second kappa shape index (κ2) is 12.6. The van der Waals surface area contributed by atoms with Crippen molar-refractivity contribution in [3.05, 3.63) is 92.3 Å². The number of amides is 2. The number of thiocarbonyl (C=S) groups is 1. The van der Waals surface area contributed by atoms with E-state index in [-0.39, 0.29) is 18.4 Å². The van der Waals surface area contributed by atoms with Gasteiger partial charge in [-0.05, 0) is 72.9 Å². The molecule has 1 fully saturated rings. The molecule has 0 spiro atoms. The Hall–Kier alpha value is -3.14. The third-order valence-electron chi connectivity index (χ3n) is 5.95. The van der Waals surface area contributed by atoms with Gasteiger partial charge in [-0.1, -0.05) is 76.3 Å². The Morgan fingerprint density at radius 2 is 1.79 bits per heavy atom. The molecule has 1 saturated heterocycles. The summed E-state index contributed by atoms with van der Waals surface area (Å²) in [4.78, 5) is 27.8. The molecule has 4 rings (SSSR count). The molecule has 1 heterocycles. The molecule has 196 valence electrons. The number of benzene rings is 3. The molecular weight excluding hydrogens is 584 g/mol. The highest BCUT2D eigenvalue weighted by Gasteiger charge is 2.31. The van der Waals surface area contributed by atoms with Crippen LogP contribution in [-0.2, 0) is 16.0 Å². The van der Waals surface area contributed by atoms with Gasteiger partial charge in [0.2, 0.25) is 0 Å². The van der Waals surface area contributed by atoms with Crippen molar-refractivity contribution < 1.29 is 19.1 Å². The Morgan fingerprint density at radius 1 is 1.08 bits per heavy atom. The fourth-order valence-corrected chi connectivity index (χ4v) is 6.04. The lowest BCUT2D eigenvalue weighted by molar-refractivity contribution is -0.122. The van der Waals surface area contributed by atoms with Gasteiger partial charge >= 0.3 is 0 Å². The van der Waals surface area contributed by atoms with E-state index >= 15 is 0 Å². The molecule has 0 saturated carbocycles. The molecule has 6 nitrogen and oxygen atoms in total. The van der Waals surface area contributed by atoms with Gasteiger partial charge in [-0.25, -0.2) is 0 Å². The first-order chi connectivity index (χ1) is 18.2. The van der Waals surface area contributed by atoms with E-state index in [1.54, 1.807) is 23.1 Å². The molecule has 38 heavy (non-hydrogen) atoms. The Morgan fingerprint density at radius 3 is 2.47 bits per heavy atom. The zero-order valence-electron chi connectivity index (χ0n) is 21.2. The van der Waals surface area contributed by atoms with Gasteiger partial charge in [0.15, 0.2) is 18.1 Å². The Kier molecular flexibility index (Phi) is 9.25. The minimum absolute atomic E-state index is 0.106. The van der Waals surface area contributed by atoms with E-state index in [0.717, 1.165) is 38.8 Å². The fraction of sp³-hybridized carbons (Fsp3) is 0.207. The third kappa shape index (κ3) is 6.83. The molecule has 3 aromatic rings. The molecule has 0 atom stereocenters. The monoisotopic (exact) mass is 610 g/mol. The van der Waals surface area contributed by atoms with Gasteiger partial charge in [0.25, 0.3) is 11.8 Å². The summed E-state index contributed by atoms with van der Waals surface area (Å²) in [7, 11) is 1.53. The van der Waals surface area contributed by atoms with Gasteiger partial charge in [0.1, 0.15) is 4.32 Å². The van der Waals surface area contributed by atoms with E-state index in [1.165, 1.54) is 18.9 Å². The van der Waals surface area contributed by atoms with Crippen molar-refractivity contribution in [2.45, 2.75) is 20.3 Å². The van der Waals surface area contributed by atoms with Crippen molar-refractivity contribution in [1.29, 1.82) is 0 Å². The molecule has 1 aliphatic heterocycles. The third-order valence-corrected chi connectivity index (χ3v) is 7.78. The average molecular weight is 612 g/mol. The van der Waals surface area contributed by atoms with Gasteiger partial charge in [0.05, 0.1) is 12.0 Å². The second-order valence-electron chi connectivity index (χ2n) is 8.73. The zero-order chi connectivity index (χ0) is 27.2. The van der Waals surface area contributed by atoms with E-state index in [4.69, 9.17) is 21.7 Å². The van der Waals surface area contributed by atoms with Gasteiger partial charge in [-0.3, -0.25) is 14.5 Å². The van der Waals surface area contributed by atoms with Crippen LogP contribution in [0.5, 0.6) is 11.5 Å². The summed E-state index contributed by atoms with van der Waals surface area (Å²) in [6, 6.07) is 19.2. The first-order valence-corrected chi connectivity index (χ1v) is 13.9. The minimum Gasteiger partial charge on any atom is -0.493 e. The number of nitrogens with one attached hydrogen (secondary N) is 1. The minimum atomic E-state index is -0.274. The van der Waals surface area contributed by atoms with E-state index < -0.39 is 0 Å². The summed E-state index contributed by atoms with van der Waals surface area (Å²) in [5, 5.41) is 2.91. The number of halogens is 1. The zero-order valence-corrected chi connectivity index (χ0v) is 24.5. The number of hydrogen-bond acceptors (Lipinski definition) is 6. The van der Waals surface area contributed by atoms with Crippen LogP contribution in [0.4, 0.5) is 5.69 Å². The summed E-state index contributed by atoms with van der Waals surface area (Å²) in [6.45, 7) is 4.23. The summed E-state index contributed by atoms with van der Waals surface area (Å²) < 4.78 is 12.7. The van der Waals surface area contributed by atoms with Gasteiger partial charge in [0, 0.05) is 16.7 Å². The number of anilines is 1. The average Bonchev–Trinajstić information content (AvgIpc) is 3.16. The number of carbonyl (C=O) groups is 2. The number of ether oxygens (including phenoxy) is 2. The van der Waals surface area contributed by atoms with Crippen LogP contribution in [-0.4, -0.2) is 41.3 Å². The highest BCUT2D eigenvalue weighted by Crippen LogP contribution is 2.35. The molecule has 9 heteroatoms. The lowest BCUT2D eigenvalue weighted by atomic mass is 10.1. The van der Waals surface area contributed by atoms with Crippen LogP contribution in [0.2, 0.25) is 0 Å². The van der Waals surface area contributed by atoms with Crippen LogP contribution in [0.15, 0.2) is 70.0 Å². The van der Waals surface area contributed by atoms with Crippen LogP contribution >= 0.6 is 39.9 Å². The van der Waals surface area contributed by atoms with E-state index in [2.05, 4.69) is 21.2 Å². The lowest BCUT2D eigenvalue weighted by Gasteiger charge is -2.14. The van der Waals surface area contributed by atoms with Gasteiger partial charge in [-0.15, -0.1) is 0 Å². The van der Waals surface area contributed by atoms with Crippen molar-refractivity contribution in [2.24, 2.45) is 0 Å². The Bertz CT molecular complexity index is 1390. The van der Waals surface area contributed by atoms with Crippen molar-refractivity contribution in [2.75, 3.05) is 25.6 Å². The number of methoxy groups -OCH3 is 1. The number of nitrogens with zero attached hydrogens (tertiary/aromatic N) is 1. The van der Waals surface area contributed by atoms with Crippen molar-refractivity contribution >= 4 is 67.8 Å². The molecule has 0 radical (unpaired) electrons. The van der Waals surface area contributed by atoms with Crippen LogP contribution < -0.4 is 14.8 Å². The van der Waals surface area contributed by atoms with Crippen LogP contribution in [0.3, 0.4) is 0 Å². The van der Waals surface area contributed by atoms with Crippen molar-refractivity contribution in [3.8, 4) is 11.5 Å². The molecule has 1 N–H and O–H groups in total. The maximum Gasteiger partial charge on any atom is 0.266 e. The summed E-state index contributed by atoms with van der Waals surface area (Å²) >= 11 is 10.2. The van der Waals surface area contributed by atoms with Crippen LogP contribution in [0.1, 0.15) is 22.3 Å². The Labute approximate surface area is 240 Å². The molecule has 2 amide bonds. The Balaban J connectivity index is 1.40. The normalized spacial score (nSPS) is 14.2. The van der Waals surface area contributed by atoms with Crippen molar-refractivity contribution in [1.82, 2.24) is 4.90 Å². The molecule has 3 aromatic carbocycles. The first kappa shape index (κ1) is 27.9. The predicted octanol–water partition coefficient (Wildman–Crippen LogP) is 6.54. The molecular formula is C29H27BrN2O4S2. The molecule has 0 aromatic heterocycles. The maximum atomic E-state index is 13.0. The predicted molar refractivity (Wildman–Crippen MR) is 161 cm³/mol. The molecule has 0 bridgehead atoms. The summed E-state index contributed by atoms with van der Waals surface area (Å²) in [6.07, 6.45) is 2.52. The molecule has 0 aliphatic carbocycles. The van der Waals surface area contributed by atoms with Crippen LogP contribution in [0, 0.1) is 13.8 Å². The highest BCUT2D eigenvalue weighted by molar-refractivity contribution is 9.10.